The molecule has 1 aromatic carbocycles. The lowest BCUT2D eigenvalue weighted by Gasteiger charge is -2.13. The van der Waals surface area contributed by atoms with Crippen molar-refractivity contribution in [3.05, 3.63) is 34.1 Å². The summed E-state index contributed by atoms with van der Waals surface area (Å²) in [5.41, 5.74) is 3.83. The number of halogens is 2. The number of rotatable bonds is 4. The summed E-state index contributed by atoms with van der Waals surface area (Å²) in [7, 11) is 0. The van der Waals surface area contributed by atoms with E-state index in [1.807, 2.05) is 13.8 Å². The average Bonchev–Trinajstić information content (AvgIpc) is 2.18. The van der Waals surface area contributed by atoms with E-state index in [2.05, 4.69) is 21.4 Å². The van der Waals surface area contributed by atoms with Crippen molar-refractivity contribution < 1.29 is 9.23 Å². The Balaban J connectivity index is 2.70. The normalized spacial score (nSPS) is 12.9. The summed E-state index contributed by atoms with van der Waals surface area (Å²) in [6.45, 7) is 4.46. The minimum absolute atomic E-state index is 0.0480. The maximum absolute atomic E-state index is 12.9. The second-order valence-electron chi connectivity index (χ2n) is 2.95. The summed E-state index contributed by atoms with van der Waals surface area (Å²) in [5.74, 6) is -0.252. The highest BCUT2D eigenvalue weighted by atomic mass is 79.9. The fourth-order valence-electron chi connectivity index (χ4n) is 1.06. The fourth-order valence-corrected chi connectivity index (χ4v) is 1.45. The van der Waals surface area contributed by atoms with Crippen LogP contribution in [0, 0.1) is 5.82 Å². The molecule has 0 saturated carbocycles. The summed E-state index contributed by atoms with van der Waals surface area (Å²) in [6, 6.07) is 4.96. The number of hydrogen-bond acceptors (Lipinski definition) is 2. The molecule has 1 aromatic rings. The summed E-state index contributed by atoms with van der Waals surface area (Å²) >= 11 is 3.14. The van der Waals surface area contributed by atoms with Crippen molar-refractivity contribution in [1.29, 1.82) is 0 Å². The maximum atomic E-state index is 12.9. The predicted octanol–water partition coefficient (Wildman–Crippen LogP) is 3.19. The van der Waals surface area contributed by atoms with Crippen LogP contribution in [-0.2, 0) is 4.84 Å². The highest BCUT2D eigenvalue weighted by Gasteiger charge is 2.07. The van der Waals surface area contributed by atoms with Gasteiger partial charge in [-0.15, -0.1) is 0 Å². The molecule has 78 valence electrons. The summed E-state index contributed by atoms with van der Waals surface area (Å²) in [6.07, 6.45) is 0. The molecule has 0 aliphatic heterocycles. The molecule has 0 spiro atoms. The number of hydroxylamine groups is 1. The topological polar surface area (TPSA) is 21.3 Å². The van der Waals surface area contributed by atoms with E-state index in [1.165, 1.54) is 6.07 Å². The highest BCUT2D eigenvalue weighted by molar-refractivity contribution is 9.10. The minimum Gasteiger partial charge on any atom is -0.302 e. The van der Waals surface area contributed by atoms with Crippen LogP contribution < -0.4 is 5.48 Å². The zero-order chi connectivity index (χ0) is 10.6. The molecule has 1 N–H and O–H groups in total. The quantitative estimate of drug-likeness (QED) is 0.841. The first kappa shape index (κ1) is 11.6. The smallest absolute Gasteiger partial charge is 0.137 e. The molecule has 4 heteroatoms. The monoisotopic (exact) mass is 261 g/mol. The molecule has 1 rings (SSSR count). The summed E-state index contributed by atoms with van der Waals surface area (Å²) in [5, 5.41) is 0. The third-order valence-electron chi connectivity index (χ3n) is 1.85. The molecule has 1 unspecified atom stereocenters. The first-order chi connectivity index (χ1) is 6.65. The third kappa shape index (κ3) is 3.04. The van der Waals surface area contributed by atoms with Gasteiger partial charge in [-0.2, -0.15) is 5.48 Å². The molecule has 0 fully saturated rings. The van der Waals surface area contributed by atoms with Gasteiger partial charge in [0.1, 0.15) is 5.82 Å². The average molecular weight is 262 g/mol. The zero-order valence-corrected chi connectivity index (χ0v) is 9.77. The second-order valence-corrected chi connectivity index (χ2v) is 3.80. The molecule has 0 heterocycles. The van der Waals surface area contributed by atoms with Gasteiger partial charge < -0.3 is 4.84 Å². The van der Waals surface area contributed by atoms with Gasteiger partial charge in [0.25, 0.3) is 0 Å². The van der Waals surface area contributed by atoms with E-state index >= 15 is 0 Å². The predicted molar refractivity (Wildman–Crippen MR) is 57.3 cm³/mol. The van der Waals surface area contributed by atoms with E-state index in [0.29, 0.717) is 11.1 Å². The van der Waals surface area contributed by atoms with Gasteiger partial charge in [-0.3, -0.25) is 0 Å². The van der Waals surface area contributed by atoms with E-state index in [-0.39, 0.29) is 11.9 Å². The molecule has 2 nitrogen and oxygen atoms in total. The van der Waals surface area contributed by atoms with Crippen LogP contribution in [0.2, 0.25) is 0 Å². The summed E-state index contributed by atoms with van der Waals surface area (Å²) in [4.78, 5) is 5.06. The Morgan fingerprint density at radius 2 is 2.29 bits per heavy atom. The molecule has 0 aliphatic carbocycles. The Morgan fingerprint density at radius 1 is 1.57 bits per heavy atom. The SMILES string of the molecule is CCONC(C)c1ccc(F)c(Br)c1. The van der Waals surface area contributed by atoms with Gasteiger partial charge in [-0.1, -0.05) is 6.07 Å². The van der Waals surface area contributed by atoms with Gasteiger partial charge in [-0.05, 0) is 47.5 Å². The lowest BCUT2D eigenvalue weighted by molar-refractivity contribution is 0.0284. The van der Waals surface area contributed by atoms with Crippen LogP contribution in [0.5, 0.6) is 0 Å². The first-order valence-electron chi connectivity index (χ1n) is 4.47. The standard InChI is InChI=1S/C10H13BrFNO/c1-3-14-13-7(2)8-4-5-10(12)9(11)6-8/h4-7,13H,3H2,1-2H3. The van der Waals surface area contributed by atoms with Gasteiger partial charge >= 0.3 is 0 Å². The van der Waals surface area contributed by atoms with Crippen LogP contribution in [0.3, 0.4) is 0 Å². The van der Waals surface area contributed by atoms with Crippen LogP contribution in [0.1, 0.15) is 25.5 Å². The second kappa shape index (κ2) is 5.44. The molecule has 0 amide bonds. The van der Waals surface area contributed by atoms with Crippen LogP contribution in [0.25, 0.3) is 0 Å². The molecule has 1 atom stereocenters. The lowest BCUT2D eigenvalue weighted by atomic mass is 10.1. The van der Waals surface area contributed by atoms with E-state index < -0.39 is 0 Å². The van der Waals surface area contributed by atoms with E-state index in [4.69, 9.17) is 4.84 Å². The minimum atomic E-state index is -0.252. The Hall–Kier alpha value is -0.450. The van der Waals surface area contributed by atoms with Gasteiger partial charge in [0.15, 0.2) is 0 Å². The molecule has 0 saturated heterocycles. The number of benzene rings is 1. The third-order valence-corrected chi connectivity index (χ3v) is 2.46. The van der Waals surface area contributed by atoms with Crippen LogP contribution in [-0.4, -0.2) is 6.61 Å². The largest absolute Gasteiger partial charge is 0.302 e. The van der Waals surface area contributed by atoms with Gasteiger partial charge in [0.2, 0.25) is 0 Å². The van der Waals surface area contributed by atoms with Crippen LogP contribution >= 0.6 is 15.9 Å². The number of nitrogens with one attached hydrogen (secondary N) is 1. The van der Waals surface area contributed by atoms with E-state index in [9.17, 15) is 4.39 Å². The van der Waals surface area contributed by atoms with Crippen molar-refractivity contribution in [2.45, 2.75) is 19.9 Å². The molecule has 14 heavy (non-hydrogen) atoms. The zero-order valence-electron chi connectivity index (χ0n) is 8.18. The lowest BCUT2D eigenvalue weighted by Crippen LogP contribution is -2.18. The number of hydrogen-bond donors (Lipinski definition) is 1. The van der Waals surface area contributed by atoms with Crippen molar-refractivity contribution in [1.82, 2.24) is 5.48 Å². The van der Waals surface area contributed by atoms with Gasteiger partial charge in [-0.25, -0.2) is 4.39 Å². The maximum Gasteiger partial charge on any atom is 0.137 e. The van der Waals surface area contributed by atoms with Crippen LogP contribution in [0.15, 0.2) is 22.7 Å². The van der Waals surface area contributed by atoms with Crippen LogP contribution in [0.4, 0.5) is 4.39 Å². The van der Waals surface area contributed by atoms with Crippen molar-refractivity contribution >= 4 is 15.9 Å². The van der Waals surface area contributed by atoms with Gasteiger partial charge in [0, 0.05) is 0 Å². The highest BCUT2D eigenvalue weighted by Crippen LogP contribution is 2.20. The fraction of sp³-hybridized carbons (Fsp3) is 0.400. The van der Waals surface area contributed by atoms with E-state index in [1.54, 1.807) is 12.1 Å². The molecule has 0 bridgehead atoms. The summed E-state index contributed by atoms with van der Waals surface area (Å²) < 4.78 is 13.4. The Labute approximate surface area is 91.5 Å². The van der Waals surface area contributed by atoms with Crippen molar-refractivity contribution in [3.8, 4) is 0 Å². The van der Waals surface area contributed by atoms with E-state index in [0.717, 1.165) is 5.56 Å². The molecule has 0 aromatic heterocycles. The molecular weight excluding hydrogens is 249 g/mol. The Morgan fingerprint density at radius 3 is 2.86 bits per heavy atom. The Kier molecular flexibility index (Phi) is 4.51. The first-order valence-corrected chi connectivity index (χ1v) is 5.26. The van der Waals surface area contributed by atoms with Crippen molar-refractivity contribution in [3.63, 3.8) is 0 Å². The Bertz CT molecular complexity index is 306. The van der Waals surface area contributed by atoms with Gasteiger partial charge in [0.05, 0.1) is 17.1 Å². The molecular formula is C10H13BrFNO. The molecule has 0 aliphatic rings. The molecule has 0 radical (unpaired) electrons. The van der Waals surface area contributed by atoms with Crippen molar-refractivity contribution in [2.75, 3.05) is 6.61 Å². The van der Waals surface area contributed by atoms with Crippen molar-refractivity contribution in [2.24, 2.45) is 0 Å².